The lowest BCUT2D eigenvalue weighted by Crippen LogP contribution is -2.23. The molecule has 31 heavy (non-hydrogen) atoms. The number of carbonyl (C=O) groups is 2. The van der Waals surface area contributed by atoms with Gasteiger partial charge in [-0.1, -0.05) is 53.2 Å². The molecule has 0 aliphatic heterocycles. The lowest BCUT2D eigenvalue weighted by atomic mass is 10.1. The Hall–Kier alpha value is -3.12. The van der Waals surface area contributed by atoms with Crippen molar-refractivity contribution in [2.75, 3.05) is 18.5 Å². The normalized spacial score (nSPS) is 10.4. The second kappa shape index (κ2) is 11.3. The van der Waals surface area contributed by atoms with E-state index in [1.807, 2.05) is 43.3 Å². The van der Waals surface area contributed by atoms with E-state index >= 15 is 0 Å². The highest BCUT2D eigenvalue weighted by atomic mass is 79.9. The lowest BCUT2D eigenvalue weighted by Gasteiger charge is -2.13. The van der Waals surface area contributed by atoms with E-state index in [1.165, 1.54) is 5.56 Å². The van der Waals surface area contributed by atoms with E-state index < -0.39 is 0 Å². The number of benzene rings is 3. The third-order valence-electron chi connectivity index (χ3n) is 4.62. The summed E-state index contributed by atoms with van der Waals surface area (Å²) in [5.74, 6) is 0.118. The van der Waals surface area contributed by atoms with Crippen molar-refractivity contribution in [3.8, 4) is 5.75 Å². The number of nitrogens with one attached hydrogen (secondary N) is 2. The van der Waals surface area contributed by atoms with Crippen LogP contribution in [-0.2, 0) is 6.42 Å². The van der Waals surface area contributed by atoms with Crippen LogP contribution in [0.15, 0.2) is 77.3 Å². The number of carbonyl (C=O) groups excluding carboxylic acids is 2. The molecule has 0 unspecified atom stereocenters. The summed E-state index contributed by atoms with van der Waals surface area (Å²) in [6, 6.07) is 22.2. The molecule has 0 heterocycles. The molecule has 3 rings (SSSR count). The van der Waals surface area contributed by atoms with Crippen LogP contribution in [0.2, 0.25) is 0 Å². The predicted octanol–water partition coefficient (Wildman–Crippen LogP) is 5.46. The molecule has 5 nitrogen and oxygen atoms in total. The zero-order valence-corrected chi connectivity index (χ0v) is 18.9. The van der Waals surface area contributed by atoms with E-state index in [4.69, 9.17) is 4.74 Å². The quantitative estimate of drug-likeness (QED) is 0.427. The van der Waals surface area contributed by atoms with Gasteiger partial charge in [-0.15, -0.1) is 0 Å². The maximum absolute atomic E-state index is 12.9. The molecule has 0 saturated carbocycles. The van der Waals surface area contributed by atoms with Crippen LogP contribution in [0.25, 0.3) is 0 Å². The van der Waals surface area contributed by atoms with Gasteiger partial charge in [0.2, 0.25) is 0 Å². The molecule has 0 spiro atoms. The summed E-state index contributed by atoms with van der Waals surface area (Å²) < 4.78 is 6.70. The fraction of sp³-hybridized carbons (Fsp3) is 0.200. The van der Waals surface area contributed by atoms with Crippen LogP contribution in [0.5, 0.6) is 5.75 Å². The molecule has 3 aromatic carbocycles. The van der Waals surface area contributed by atoms with Gasteiger partial charge in [-0.3, -0.25) is 9.59 Å². The van der Waals surface area contributed by atoms with Crippen molar-refractivity contribution in [1.82, 2.24) is 5.32 Å². The van der Waals surface area contributed by atoms with Crippen LogP contribution < -0.4 is 15.4 Å². The SMILES string of the molecule is CCCNC(=O)c1ccc(NC(=O)c2cc(Br)ccc2OCCc2ccccc2)cc1. The van der Waals surface area contributed by atoms with Gasteiger partial charge in [0.25, 0.3) is 11.8 Å². The van der Waals surface area contributed by atoms with Gasteiger partial charge in [-0.2, -0.15) is 0 Å². The molecule has 6 heteroatoms. The second-order valence-electron chi connectivity index (χ2n) is 7.01. The van der Waals surface area contributed by atoms with Crippen LogP contribution in [0.1, 0.15) is 39.6 Å². The minimum atomic E-state index is -0.279. The Bertz CT molecular complexity index is 1020. The van der Waals surface area contributed by atoms with E-state index in [2.05, 4.69) is 26.6 Å². The first-order valence-electron chi connectivity index (χ1n) is 10.2. The van der Waals surface area contributed by atoms with E-state index in [0.717, 1.165) is 17.3 Å². The highest BCUT2D eigenvalue weighted by Crippen LogP contribution is 2.25. The van der Waals surface area contributed by atoms with Crippen LogP contribution in [0.4, 0.5) is 5.69 Å². The highest BCUT2D eigenvalue weighted by molar-refractivity contribution is 9.10. The monoisotopic (exact) mass is 480 g/mol. The standard InChI is InChI=1S/C25H25BrN2O3/c1-2-15-27-24(29)19-8-11-21(12-9-19)28-25(30)22-17-20(26)10-13-23(22)31-16-14-18-6-4-3-5-7-18/h3-13,17H,2,14-16H2,1H3,(H,27,29)(H,28,30). The van der Waals surface area contributed by atoms with Crippen LogP contribution >= 0.6 is 15.9 Å². The van der Waals surface area contributed by atoms with Crippen LogP contribution in [0, 0.1) is 0 Å². The lowest BCUT2D eigenvalue weighted by molar-refractivity contribution is 0.0953. The molecule has 0 radical (unpaired) electrons. The Kier molecular flexibility index (Phi) is 8.24. The number of amides is 2. The summed E-state index contributed by atoms with van der Waals surface area (Å²) in [6.45, 7) is 3.10. The topological polar surface area (TPSA) is 67.4 Å². The van der Waals surface area contributed by atoms with Crippen molar-refractivity contribution < 1.29 is 14.3 Å². The Morgan fingerprint density at radius 3 is 2.39 bits per heavy atom. The Balaban J connectivity index is 1.65. The van der Waals surface area contributed by atoms with Crippen molar-refractivity contribution in [2.45, 2.75) is 19.8 Å². The molecule has 0 aliphatic rings. The fourth-order valence-electron chi connectivity index (χ4n) is 2.97. The molecule has 160 valence electrons. The van der Waals surface area contributed by atoms with E-state index in [9.17, 15) is 9.59 Å². The molecule has 0 saturated heterocycles. The number of rotatable bonds is 9. The summed E-state index contributed by atoms with van der Waals surface area (Å²) in [6.07, 6.45) is 1.63. The first-order chi connectivity index (χ1) is 15.1. The molecule has 0 aliphatic carbocycles. The summed E-state index contributed by atoms with van der Waals surface area (Å²) in [4.78, 5) is 24.9. The Morgan fingerprint density at radius 1 is 0.935 bits per heavy atom. The van der Waals surface area contributed by atoms with Crippen LogP contribution in [0.3, 0.4) is 0 Å². The van der Waals surface area contributed by atoms with Crippen molar-refractivity contribution >= 4 is 33.4 Å². The first kappa shape index (κ1) is 22.6. The van der Waals surface area contributed by atoms with Crippen LogP contribution in [-0.4, -0.2) is 25.0 Å². The van der Waals surface area contributed by atoms with Gasteiger partial charge < -0.3 is 15.4 Å². The third kappa shape index (κ3) is 6.69. The Morgan fingerprint density at radius 2 is 1.68 bits per heavy atom. The van der Waals surface area contributed by atoms with Crippen molar-refractivity contribution in [3.63, 3.8) is 0 Å². The van der Waals surface area contributed by atoms with Gasteiger partial charge in [0, 0.05) is 28.7 Å². The summed E-state index contributed by atoms with van der Waals surface area (Å²) >= 11 is 3.42. The van der Waals surface area contributed by atoms with Crippen molar-refractivity contribution in [1.29, 1.82) is 0 Å². The zero-order valence-electron chi connectivity index (χ0n) is 17.4. The smallest absolute Gasteiger partial charge is 0.259 e. The predicted molar refractivity (Wildman–Crippen MR) is 127 cm³/mol. The van der Waals surface area contributed by atoms with Crippen molar-refractivity contribution in [3.05, 3.63) is 94.0 Å². The average molecular weight is 481 g/mol. The number of ether oxygens (including phenoxy) is 1. The molecule has 0 aromatic heterocycles. The molecule has 2 N–H and O–H groups in total. The first-order valence-corrected chi connectivity index (χ1v) is 11.0. The highest BCUT2D eigenvalue weighted by Gasteiger charge is 2.14. The average Bonchev–Trinajstić information content (AvgIpc) is 2.79. The summed E-state index contributed by atoms with van der Waals surface area (Å²) in [5.41, 5.74) is 2.77. The summed E-state index contributed by atoms with van der Waals surface area (Å²) in [5, 5.41) is 5.70. The molecule has 3 aromatic rings. The van der Waals surface area contributed by atoms with Gasteiger partial charge >= 0.3 is 0 Å². The largest absolute Gasteiger partial charge is 0.492 e. The maximum Gasteiger partial charge on any atom is 0.259 e. The van der Waals surface area contributed by atoms with Gasteiger partial charge in [0.1, 0.15) is 5.75 Å². The maximum atomic E-state index is 12.9. The Labute approximate surface area is 191 Å². The van der Waals surface area contributed by atoms with Gasteiger partial charge in [0.05, 0.1) is 12.2 Å². The van der Waals surface area contributed by atoms with Gasteiger partial charge in [-0.05, 0) is 54.4 Å². The van der Waals surface area contributed by atoms with Gasteiger partial charge in [-0.25, -0.2) is 0 Å². The molecular formula is C25H25BrN2O3. The van der Waals surface area contributed by atoms with Gasteiger partial charge in [0.15, 0.2) is 0 Å². The molecule has 2 amide bonds. The summed E-state index contributed by atoms with van der Waals surface area (Å²) in [7, 11) is 0. The number of anilines is 1. The second-order valence-corrected chi connectivity index (χ2v) is 7.93. The third-order valence-corrected chi connectivity index (χ3v) is 5.11. The minimum Gasteiger partial charge on any atom is -0.492 e. The molecule has 0 fully saturated rings. The fourth-order valence-corrected chi connectivity index (χ4v) is 3.33. The molecular weight excluding hydrogens is 456 g/mol. The minimum absolute atomic E-state index is 0.124. The van der Waals surface area contributed by atoms with E-state index in [1.54, 1.807) is 36.4 Å². The number of halogens is 1. The number of hydrogen-bond acceptors (Lipinski definition) is 3. The molecule has 0 bridgehead atoms. The zero-order chi connectivity index (χ0) is 22.1. The molecule has 0 atom stereocenters. The van der Waals surface area contributed by atoms with Crippen molar-refractivity contribution in [2.24, 2.45) is 0 Å². The van der Waals surface area contributed by atoms with E-state index in [0.29, 0.717) is 35.7 Å². The van der Waals surface area contributed by atoms with E-state index in [-0.39, 0.29) is 11.8 Å². The number of hydrogen-bond donors (Lipinski definition) is 2.